The van der Waals surface area contributed by atoms with E-state index in [9.17, 15) is 0 Å². The first-order valence-corrected chi connectivity index (χ1v) is 65.0. The number of benzene rings is 7. The maximum atomic E-state index is 5.82. The molecule has 2 aliphatic heterocycles. The van der Waals surface area contributed by atoms with Gasteiger partial charge in [-0.2, -0.15) is 38.0 Å². The molecule has 123 heavy (non-hydrogen) atoms. The van der Waals surface area contributed by atoms with Crippen LogP contribution in [0, 0.1) is 110 Å². The van der Waals surface area contributed by atoms with E-state index in [1.54, 1.807) is 193 Å². The molecular formula is C103H151Cl6N4OP3Ru3Y3-2. The van der Waals surface area contributed by atoms with Crippen molar-refractivity contribution >= 4 is 115 Å². The summed E-state index contributed by atoms with van der Waals surface area (Å²) in [5, 5.41) is 0. The Balaban J connectivity index is 0.000000304. The summed E-state index contributed by atoms with van der Waals surface area (Å²) in [5.74, 6) is 0.850. The molecule has 0 aromatic heterocycles. The van der Waals surface area contributed by atoms with Gasteiger partial charge in [-0.05, 0) is 282 Å². The van der Waals surface area contributed by atoms with Crippen molar-refractivity contribution in [2.45, 2.75) is 330 Å². The zero-order valence-corrected chi connectivity index (χ0v) is 98.8. The van der Waals surface area contributed by atoms with E-state index in [0.717, 1.165) is 48.6 Å². The van der Waals surface area contributed by atoms with Crippen molar-refractivity contribution < 1.29 is 145 Å². The Morgan fingerprint density at radius 3 is 0.797 bits per heavy atom. The minimum absolute atomic E-state index is 0. The third-order valence-corrected chi connectivity index (χ3v) is 38.0. The van der Waals surface area contributed by atoms with E-state index >= 15 is 0 Å². The summed E-state index contributed by atoms with van der Waals surface area (Å²) in [5.41, 5.74) is 32.2. The Morgan fingerprint density at radius 1 is 0.366 bits per heavy atom. The first-order valence-electron chi connectivity index (χ1n) is 45.2. The summed E-state index contributed by atoms with van der Waals surface area (Å²) >= 11 is -3.73. The molecule has 15 rings (SSSR count). The molecule has 20 heteroatoms. The SMILES string of the molecule is C1CCC([PH+](C2CCCCC2)C2CCCCC2)CC1.C1CCC([PH+](C2CCCCC2)C2CCCCC2)CC1.CC(C)Oc1ccccc1[CH]=[Ru]([Cl])[Cl].Cc1cc(C)c(N2[CH-]N(c3c(C)cc(C)cc3C)CC2)c(C)c1.Cc1cc(C)c(N2[CH-]N(c3c(C)cc(C)cc3C)CC2)c(C)c1.[CH2-]P.[CH2-]c1ccccc1.[Cl][Ru]([Cl])=[CH]c1ccccc1.[Cl][Ru][Cl].[Y].[Y].[Y]. The van der Waals surface area contributed by atoms with Crippen LogP contribution in [0.15, 0.2) is 133 Å². The number of rotatable bonds is 14. The predicted octanol–water partition coefficient (Wildman–Crippen LogP) is 32.6. The smallest absolute Gasteiger partial charge is 0 e. The Morgan fingerprint density at radius 2 is 0.585 bits per heavy atom. The van der Waals surface area contributed by atoms with Crippen molar-refractivity contribution in [1.82, 2.24) is 0 Å². The third kappa shape index (κ3) is 41.1. The Hall–Kier alpha value is 1.36. The van der Waals surface area contributed by atoms with E-state index < -0.39 is 27.0 Å². The van der Waals surface area contributed by atoms with E-state index in [4.69, 9.17) is 62.9 Å². The van der Waals surface area contributed by atoms with Gasteiger partial charge in [-0.3, -0.25) is 0 Å². The standard InChI is InChI=1S/2C21H27N2.2C18H33P.C10H12O.C7H7.C7H6.CH4P.6ClH.3Ru.3Y/c2*1-14-9-16(3)20(17(4)10-14)22-7-8-23(13-22)21-18(5)11-15(2)12-19(21)6;2*1-4-10-16(11-5-1)19(17-12-6-2-7-13-17)18-14-8-3-9-15-18;1-8(2)11-10-7-5-4-6-9(10)3;2*1-7-5-3-2-4-6-7;1-2;;;;;;;;;;;;/h2*9-13H,7-8H2,1-6H3;2*16-18H,1-15H2;3-8H,1-2H3;2-6H,1H2;1-6H;1-2H2;6*1H;;;;;;/q2*-1;;;;-1;;-1;;;;;;;3*+2;;;/p-4. The summed E-state index contributed by atoms with van der Waals surface area (Å²) in [4.78, 5) is 9.62. The first-order chi connectivity index (χ1) is 57.8. The first kappa shape index (κ1) is 117. The van der Waals surface area contributed by atoms with Gasteiger partial charge in [0.05, 0.1) is 34.0 Å². The molecule has 2 saturated heterocycles. The zero-order chi connectivity index (χ0) is 87.0. The van der Waals surface area contributed by atoms with Crippen LogP contribution in [0.1, 0.15) is 290 Å². The number of aryl methyl sites for hydroxylation is 12. The van der Waals surface area contributed by atoms with Crippen molar-refractivity contribution in [2.75, 3.05) is 45.8 Å². The van der Waals surface area contributed by atoms with Crippen LogP contribution in [0.25, 0.3) is 0 Å². The van der Waals surface area contributed by atoms with E-state index in [0.29, 0.717) is 0 Å². The van der Waals surface area contributed by atoms with Gasteiger partial charge in [0.1, 0.15) is 0 Å². The molecule has 8 fully saturated rings. The molecular weight excluding hydrogens is 2180 g/mol. The van der Waals surface area contributed by atoms with Crippen molar-refractivity contribution in [2.24, 2.45) is 0 Å². The summed E-state index contributed by atoms with van der Waals surface area (Å²) in [7, 11) is 34.7. The quantitative estimate of drug-likeness (QED) is 0.0613. The molecule has 6 saturated carbocycles. The van der Waals surface area contributed by atoms with Crippen LogP contribution >= 0.6 is 83.2 Å². The van der Waals surface area contributed by atoms with Crippen molar-refractivity contribution in [1.29, 1.82) is 0 Å². The molecule has 7 aromatic rings. The predicted molar refractivity (Wildman–Crippen MR) is 539 cm³/mol. The molecule has 1 atom stereocenters. The second-order valence-electron chi connectivity index (χ2n) is 35.3. The monoisotopic (exact) mass is 2340 g/mol. The van der Waals surface area contributed by atoms with Gasteiger partial charge in [-0.15, -0.1) is 12.1 Å². The number of halogens is 6. The van der Waals surface area contributed by atoms with Crippen LogP contribution in [0.3, 0.4) is 0 Å². The van der Waals surface area contributed by atoms with Crippen LogP contribution < -0.4 is 24.3 Å². The van der Waals surface area contributed by atoms with Crippen LogP contribution in [-0.4, -0.2) is 75.5 Å². The minimum Gasteiger partial charge on any atom is 0 e. The number of ether oxygens (including phenoxy) is 1. The molecule has 6 aliphatic carbocycles. The Bertz CT molecular complexity index is 3660. The molecule has 0 spiro atoms. The molecule has 5 nitrogen and oxygen atoms in total. The van der Waals surface area contributed by atoms with Gasteiger partial charge in [-0.1, -0.05) is 115 Å². The topological polar surface area (TPSA) is 22.2 Å². The molecule has 681 valence electrons. The maximum Gasteiger partial charge on any atom is 0 e. The van der Waals surface area contributed by atoms with Crippen molar-refractivity contribution in [3.05, 3.63) is 244 Å². The van der Waals surface area contributed by atoms with E-state index in [2.05, 4.69) is 187 Å². The fourth-order valence-electron chi connectivity index (χ4n) is 20.9. The van der Waals surface area contributed by atoms with Crippen LogP contribution in [0.2, 0.25) is 0 Å². The van der Waals surface area contributed by atoms with E-state index in [-0.39, 0.29) is 135 Å². The molecule has 0 N–H and O–H groups in total. The van der Waals surface area contributed by atoms with Gasteiger partial charge in [-0.25, -0.2) is 0 Å². The summed E-state index contributed by atoms with van der Waals surface area (Å²) in [6.07, 6.45) is 47.7. The molecule has 3 radical (unpaired) electrons. The van der Waals surface area contributed by atoms with Gasteiger partial charge in [0, 0.05) is 163 Å². The van der Waals surface area contributed by atoms with E-state index in [1.807, 2.05) is 108 Å². The van der Waals surface area contributed by atoms with Crippen LogP contribution in [0.4, 0.5) is 22.7 Å². The number of hydrogen-bond acceptors (Lipinski definition) is 5. The number of nitrogens with zero attached hydrogens (tertiary/aromatic N) is 4. The molecule has 0 bridgehead atoms. The average molecular weight is 2340 g/mol. The van der Waals surface area contributed by atoms with Gasteiger partial charge >= 0.3 is 206 Å². The summed E-state index contributed by atoms with van der Waals surface area (Å²) in [6, 6.07) is 45.8. The second-order valence-corrected chi connectivity index (χ2v) is 56.3. The van der Waals surface area contributed by atoms with Crippen LogP contribution in [-0.2, 0) is 140 Å². The molecule has 2 heterocycles. The average Bonchev–Trinajstić information content (AvgIpc) is 1.44. The normalized spacial score (nSPS) is 17.3. The second kappa shape index (κ2) is 65.2. The summed E-state index contributed by atoms with van der Waals surface area (Å²) in [6.45, 7) is 46.0. The fourth-order valence-corrected chi connectivity index (χ4v) is 35.0. The van der Waals surface area contributed by atoms with Gasteiger partial charge < -0.3 is 35.5 Å². The van der Waals surface area contributed by atoms with Crippen molar-refractivity contribution in [3.8, 4) is 5.75 Å². The molecule has 0 amide bonds. The number of hydrogen-bond donors (Lipinski definition) is 0. The Labute approximate surface area is 873 Å². The van der Waals surface area contributed by atoms with Crippen molar-refractivity contribution in [3.63, 3.8) is 0 Å². The number of para-hydroxylation sites is 1. The van der Waals surface area contributed by atoms with Gasteiger partial charge in [0.15, 0.2) is 0 Å². The molecule has 7 aromatic carbocycles. The third-order valence-electron chi connectivity index (χ3n) is 25.2. The summed E-state index contributed by atoms with van der Waals surface area (Å²) < 4.78 is 9.44. The number of anilines is 4. The molecule has 8 aliphatic rings. The fraction of sp³-hybridized carbons (Fsp3) is 0.534. The van der Waals surface area contributed by atoms with E-state index in [1.165, 1.54) is 123 Å². The van der Waals surface area contributed by atoms with Crippen LogP contribution in [0.5, 0.6) is 5.75 Å². The minimum atomic E-state index is -1.77. The largest absolute Gasteiger partial charge is 0 e. The Kier molecular flexibility index (Phi) is 61.8. The molecule has 1 unspecified atom stereocenters. The van der Waals surface area contributed by atoms with Gasteiger partial charge in [0.2, 0.25) is 0 Å². The zero-order valence-electron chi connectivity index (χ0n) is 77.3. The van der Waals surface area contributed by atoms with Gasteiger partial charge in [0.25, 0.3) is 0 Å². The maximum absolute atomic E-state index is 5.82.